The van der Waals surface area contributed by atoms with Crippen molar-refractivity contribution < 1.29 is 33.8 Å². The van der Waals surface area contributed by atoms with E-state index in [1.807, 2.05) is 72.8 Å². The molecule has 6 rings (SSSR count). The number of esters is 1. The van der Waals surface area contributed by atoms with Gasteiger partial charge in [0.05, 0.1) is 36.6 Å². The summed E-state index contributed by atoms with van der Waals surface area (Å²) < 4.78 is 13.0. The first-order valence-corrected chi connectivity index (χ1v) is 18.3. The SMILES string of the molecule is C=CCCC(=O)N[C@H](C)[C@@H](OC(=O)[C@H]1[C@@H]2O[C@@]3(CC2Br)[C@@H]1C(=O)N([C@H](C)CO)[C@@H]3C(=O)N(CC=C)c1ccc2ccccc2c1)c1ccccc1. The standard InChI is InChI=1S/C40H44BrN3O7/c1-5-7-17-31(46)42-25(4)34(27-14-9-8-10-15-27)50-39(49)32-33-37(47)44(24(3)23-45)36(40(33)22-30(41)35(32)51-40)38(48)43(20-6-2)29-19-18-26-13-11-12-16-28(26)21-29/h5-6,8-16,18-19,21,24-25,30,32-36,45H,1-2,7,17,20,22-23H2,3-4H3,(H,42,46)/t24-,25-,30?,32-,33+,34-,35-,36-,40+/m1/s1. The topological polar surface area (TPSA) is 125 Å². The number of carbonyl (C=O) groups excluding carboxylic acids is 4. The fourth-order valence-electron chi connectivity index (χ4n) is 8.06. The molecule has 3 aliphatic heterocycles. The molecular weight excluding hydrogens is 714 g/mol. The molecule has 9 atom stereocenters. The number of amides is 3. The first-order valence-electron chi connectivity index (χ1n) is 17.4. The molecule has 268 valence electrons. The lowest BCUT2D eigenvalue weighted by molar-refractivity contribution is -0.162. The van der Waals surface area contributed by atoms with Crippen LogP contribution in [-0.2, 0) is 28.7 Å². The zero-order valence-electron chi connectivity index (χ0n) is 28.8. The zero-order valence-corrected chi connectivity index (χ0v) is 30.4. The second kappa shape index (κ2) is 15.1. The van der Waals surface area contributed by atoms with Crippen molar-refractivity contribution in [2.45, 2.75) is 73.9 Å². The number of halogens is 1. The van der Waals surface area contributed by atoms with Crippen molar-refractivity contribution in [3.05, 3.63) is 104 Å². The summed E-state index contributed by atoms with van der Waals surface area (Å²) in [5.41, 5.74) is -0.0760. The number of likely N-dealkylation sites (tertiary alicyclic amines) is 1. The van der Waals surface area contributed by atoms with Crippen LogP contribution in [0.5, 0.6) is 0 Å². The van der Waals surface area contributed by atoms with Gasteiger partial charge in [-0.1, -0.05) is 88.7 Å². The van der Waals surface area contributed by atoms with Gasteiger partial charge >= 0.3 is 5.97 Å². The van der Waals surface area contributed by atoms with Crippen LogP contribution in [0.3, 0.4) is 0 Å². The maximum absolute atomic E-state index is 14.9. The highest BCUT2D eigenvalue weighted by molar-refractivity contribution is 9.09. The minimum Gasteiger partial charge on any atom is -0.455 e. The van der Waals surface area contributed by atoms with Gasteiger partial charge in [-0.3, -0.25) is 19.2 Å². The molecule has 3 amide bonds. The van der Waals surface area contributed by atoms with E-state index in [0.29, 0.717) is 24.1 Å². The van der Waals surface area contributed by atoms with Gasteiger partial charge in [0.1, 0.15) is 17.7 Å². The molecule has 3 saturated heterocycles. The molecule has 3 heterocycles. The average molecular weight is 759 g/mol. The Balaban J connectivity index is 1.36. The van der Waals surface area contributed by atoms with E-state index in [0.717, 1.165) is 10.8 Å². The van der Waals surface area contributed by atoms with Crippen LogP contribution in [0.15, 0.2) is 98.1 Å². The molecule has 10 nitrogen and oxygen atoms in total. The van der Waals surface area contributed by atoms with Crippen molar-refractivity contribution >= 4 is 56.1 Å². The lowest BCUT2D eigenvalue weighted by atomic mass is 9.70. The molecular formula is C40H44BrN3O7. The number of aliphatic hydroxyl groups is 1. The van der Waals surface area contributed by atoms with Crippen LogP contribution in [0.25, 0.3) is 10.8 Å². The normalized spacial score (nSPS) is 26.6. The Labute approximate surface area is 306 Å². The first kappa shape index (κ1) is 36.5. The molecule has 1 unspecified atom stereocenters. The van der Waals surface area contributed by atoms with Gasteiger partial charge in [-0.15, -0.1) is 13.2 Å². The van der Waals surface area contributed by atoms with Crippen LogP contribution in [0.4, 0.5) is 5.69 Å². The summed E-state index contributed by atoms with van der Waals surface area (Å²) in [5, 5.41) is 15.3. The van der Waals surface area contributed by atoms with Crippen LogP contribution in [-0.4, -0.2) is 81.5 Å². The highest BCUT2D eigenvalue weighted by Gasteiger charge is 2.77. The Morgan fingerprint density at radius 2 is 1.78 bits per heavy atom. The average Bonchev–Trinajstić information content (AvgIpc) is 3.74. The number of allylic oxidation sites excluding steroid dienone is 1. The summed E-state index contributed by atoms with van der Waals surface area (Å²) in [6, 6.07) is 20.2. The minimum absolute atomic E-state index is 0.158. The van der Waals surface area contributed by atoms with E-state index in [4.69, 9.17) is 9.47 Å². The van der Waals surface area contributed by atoms with E-state index in [1.54, 1.807) is 30.9 Å². The summed E-state index contributed by atoms with van der Waals surface area (Å²) in [6.45, 7) is 10.8. The van der Waals surface area contributed by atoms with E-state index in [2.05, 4.69) is 34.4 Å². The fourth-order valence-corrected chi connectivity index (χ4v) is 9.01. The Hall–Kier alpha value is -4.32. The van der Waals surface area contributed by atoms with Gasteiger partial charge in [-0.2, -0.15) is 0 Å². The second-order valence-corrected chi connectivity index (χ2v) is 14.8. The van der Waals surface area contributed by atoms with Gasteiger partial charge in [0.2, 0.25) is 11.8 Å². The first-order chi connectivity index (χ1) is 24.6. The minimum atomic E-state index is -1.37. The van der Waals surface area contributed by atoms with Crippen molar-refractivity contribution in [2.24, 2.45) is 11.8 Å². The molecule has 3 aliphatic rings. The number of fused-ring (bicyclic) bond motifs is 2. The molecule has 3 aromatic rings. The Bertz CT molecular complexity index is 1820. The quantitative estimate of drug-likeness (QED) is 0.131. The molecule has 3 aromatic carbocycles. The predicted molar refractivity (Wildman–Crippen MR) is 198 cm³/mol. The van der Waals surface area contributed by atoms with Crippen LogP contribution >= 0.6 is 15.9 Å². The number of hydrogen-bond donors (Lipinski definition) is 2. The molecule has 3 fully saturated rings. The monoisotopic (exact) mass is 757 g/mol. The van der Waals surface area contributed by atoms with Crippen LogP contribution in [0.2, 0.25) is 0 Å². The lowest BCUT2D eigenvalue weighted by Gasteiger charge is -2.38. The van der Waals surface area contributed by atoms with Crippen molar-refractivity contribution in [3.63, 3.8) is 0 Å². The number of nitrogens with zero attached hydrogens (tertiary/aromatic N) is 2. The number of rotatable bonds is 14. The highest BCUT2D eigenvalue weighted by Crippen LogP contribution is 2.61. The molecule has 2 bridgehead atoms. The summed E-state index contributed by atoms with van der Waals surface area (Å²) in [4.78, 5) is 59.3. The third-order valence-electron chi connectivity index (χ3n) is 10.4. The molecule has 0 radical (unpaired) electrons. The maximum Gasteiger partial charge on any atom is 0.313 e. The van der Waals surface area contributed by atoms with Crippen LogP contribution in [0, 0.1) is 11.8 Å². The number of carbonyl (C=O) groups is 4. The molecule has 1 spiro atoms. The van der Waals surface area contributed by atoms with E-state index in [-0.39, 0.29) is 23.7 Å². The van der Waals surface area contributed by atoms with Gasteiger partial charge in [-0.05, 0) is 55.2 Å². The second-order valence-electron chi connectivity index (χ2n) is 13.7. The summed E-state index contributed by atoms with van der Waals surface area (Å²) in [5.74, 6) is -3.80. The summed E-state index contributed by atoms with van der Waals surface area (Å²) in [7, 11) is 0. The van der Waals surface area contributed by atoms with Crippen molar-refractivity contribution in [1.82, 2.24) is 10.2 Å². The zero-order chi connectivity index (χ0) is 36.4. The third-order valence-corrected chi connectivity index (χ3v) is 11.2. The fraction of sp³-hybridized carbons (Fsp3) is 0.400. The van der Waals surface area contributed by atoms with E-state index >= 15 is 0 Å². The van der Waals surface area contributed by atoms with E-state index in [9.17, 15) is 24.3 Å². The molecule has 2 N–H and O–H groups in total. The Morgan fingerprint density at radius 1 is 1.08 bits per heavy atom. The van der Waals surface area contributed by atoms with E-state index < -0.39 is 72.2 Å². The molecule has 51 heavy (non-hydrogen) atoms. The largest absolute Gasteiger partial charge is 0.455 e. The number of aliphatic hydroxyl groups excluding tert-OH is 1. The van der Waals surface area contributed by atoms with Crippen molar-refractivity contribution in [2.75, 3.05) is 18.1 Å². The van der Waals surface area contributed by atoms with Crippen molar-refractivity contribution in [1.29, 1.82) is 0 Å². The number of nitrogens with one attached hydrogen (secondary N) is 1. The van der Waals surface area contributed by atoms with Gasteiger partial charge in [0.15, 0.2) is 0 Å². The smallest absolute Gasteiger partial charge is 0.313 e. The highest BCUT2D eigenvalue weighted by atomic mass is 79.9. The van der Waals surface area contributed by atoms with Gasteiger partial charge in [0, 0.05) is 23.5 Å². The van der Waals surface area contributed by atoms with Gasteiger partial charge in [0.25, 0.3) is 5.91 Å². The van der Waals surface area contributed by atoms with Crippen molar-refractivity contribution in [3.8, 4) is 0 Å². The lowest BCUT2D eigenvalue weighted by Crippen LogP contribution is -2.58. The van der Waals surface area contributed by atoms with Gasteiger partial charge in [-0.25, -0.2) is 0 Å². The maximum atomic E-state index is 14.9. The van der Waals surface area contributed by atoms with E-state index in [1.165, 1.54) is 4.90 Å². The number of benzene rings is 3. The summed E-state index contributed by atoms with van der Waals surface area (Å²) >= 11 is 3.72. The number of ether oxygens (including phenoxy) is 2. The summed E-state index contributed by atoms with van der Waals surface area (Å²) in [6.07, 6.45) is 2.70. The molecule has 0 aromatic heterocycles. The number of alkyl halides is 1. The van der Waals surface area contributed by atoms with Gasteiger partial charge < -0.3 is 29.7 Å². The third kappa shape index (κ3) is 6.63. The molecule has 0 saturated carbocycles. The molecule has 0 aliphatic carbocycles. The Morgan fingerprint density at radius 3 is 2.47 bits per heavy atom. The Kier molecular flexibility index (Phi) is 10.8. The van der Waals surface area contributed by atoms with Crippen LogP contribution < -0.4 is 10.2 Å². The predicted octanol–water partition coefficient (Wildman–Crippen LogP) is 5.24. The number of hydrogen-bond acceptors (Lipinski definition) is 7. The molecule has 11 heteroatoms. The number of anilines is 1. The van der Waals surface area contributed by atoms with Crippen LogP contribution in [0.1, 0.15) is 44.8 Å².